The van der Waals surface area contributed by atoms with Gasteiger partial charge in [-0.1, -0.05) is 36.4 Å². The van der Waals surface area contributed by atoms with E-state index in [9.17, 15) is 4.57 Å². The van der Waals surface area contributed by atoms with E-state index in [1.165, 1.54) is 5.56 Å². The van der Waals surface area contributed by atoms with Crippen LogP contribution in [-0.4, -0.2) is 25.9 Å². The van der Waals surface area contributed by atoms with E-state index in [0.717, 1.165) is 47.5 Å². The van der Waals surface area contributed by atoms with Crippen LogP contribution in [0.3, 0.4) is 0 Å². The summed E-state index contributed by atoms with van der Waals surface area (Å²) in [7, 11) is 2.28. The summed E-state index contributed by atoms with van der Waals surface area (Å²) in [6.45, 7) is 0. The third-order valence-electron chi connectivity index (χ3n) is 5.31. The van der Waals surface area contributed by atoms with Crippen molar-refractivity contribution in [3.63, 3.8) is 0 Å². The second-order valence-corrected chi connectivity index (χ2v) is 9.67. The van der Waals surface area contributed by atoms with Crippen LogP contribution in [0, 0.1) is 0 Å². The van der Waals surface area contributed by atoms with Crippen LogP contribution in [0.25, 0.3) is 5.76 Å². The molecule has 2 unspecified atom stereocenters. The van der Waals surface area contributed by atoms with Crippen LogP contribution in [0.2, 0.25) is 0 Å². The molecule has 2 aromatic carbocycles. The van der Waals surface area contributed by atoms with E-state index in [0.29, 0.717) is 0 Å². The molecule has 0 bridgehead atoms. The van der Waals surface area contributed by atoms with Crippen molar-refractivity contribution in [2.24, 2.45) is 0 Å². The molecule has 26 heavy (non-hydrogen) atoms. The molecule has 0 N–H and O–H groups in total. The number of nitrogens with zero attached hydrogens (tertiary/aromatic N) is 1. The van der Waals surface area contributed by atoms with Gasteiger partial charge < -0.3 is 9.26 Å². The van der Waals surface area contributed by atoms with Gasteiger partial charge in [0.1, 0.15) is 17.2 Å². The predicted molar refractivity (Wildman–Crippen MR) is 104 cm³/mol. The van der Waals surface area contributed by atoms with Crippen LogP contribution in [0.15, 0.2) is 54.1 Å². The Hall–Kier alpha value is -2.03. The number of allylic oxidation sites excluding steroid dienone is 1. The fraction of sp³-hybridized carbons (Fsp3) is 0.333. The van der Waals surface area contributed by atoms with Gasteiger partial charge in [-0.2, -0.15) is 0 Å². The highest BCUT2D eigenvalue weighted by Gasteiger charge is 2.49. The highest BCUT2D eigenvalue weighted by molar-refractivity contribution is 7.57. The third-order valence-corrected chi connectivity index (χ3v) is 8.14. The Bertz CT molecular complexity index is 902. The Morgan fingerprint density at radius 3 is 2.50 bits per heavy atom. The lowest BCUT2D eigenvalue weighted by atomic mass is 9.98. The summed E-state index contributed by atoms with van der Waals surface area (Å²) >= 11 is 0. The minimum absolute atomic E-state index is 0.232. The lowest BCUT2D eigenvalue weighted by Crippen LogP contribution is -2.14. The predicted octanol–water partition coefficient (Wildman–Crippen LogP) is 5.27. The first-order valence-corrected chi connectivity index (χ1v) is 10.6. The van der Waals surface area contributed by atoms with E-state index >= 15 is 0 Å². The molecule has 0 saturated heterocycles. The minimum atomic E-state index is -3.06. The third kappa shape index (κ3) is 2.69. The van der Waals surface area contributed by atoms with Gasteiger partial charge in [-0.15, -0.1) is 0 Å². The van der Waals surface area contributed by atoms with Crippen molar-refractivity contribution in [1.29, 1.82) is 0 Å². The second kappa shape index (κ2) is 6.61. The molecule has 0 aromatic heterocycles. The van der Waals surface area contributed by atoms with E-state index in [1.807, 2.05) is 44.4 Å². The van der Waals surface area contributed by atoms with Crippen molar-refractivity contribution >= 4 is 13.3 Å². The molecule has 1 aliphatic carbocycles. The first-order chi connectivity index (χ1) is 12.5. The number of rotatable bonds is 3. The van der Waals surface area contributed by atoms with Crippen molar-refractivity contribution < 1.29 is 13.8 Å². The molecule has 4 nitrogen and oxygen atoms in total. The zero-order valence-electron chi connectivity index (χ0n) is 15.4. The molecular weight excluding hydrogens is 345 g/mol. The highest BCUT2D eigenvalue weighted by atomic mass is 31.2. The van der Waals surface area contributed by atoms with Gasteiger partial charge in [0.2, 0.25) is 0 Å². The normalized spacial score (nSPS) is 24.7. The van der Waals surface area contributed by atoms with Crippen LogP contribution < -0.4 is 4.74 Å². The van der Waals surface area contributed by atoms with Crippen LogP contribution in [0.5, 0.6) is 5.75 Å². The van der Waals surface area contributed by atoms with Crippen LogP contribution >= 0.6 is 7.52 Å². The van der Waals surface area contributed by atoms with Crippen molar-refractivity contribution in [3.05, 3.63) is 70.8 Å². The molecule has 136 valence electrons. The van der Waals surface area contributed by atoms with Crippen LogP contribution in [0.4, 0.5) is 0 Å². The second-order valence-electron chi connectivity index (χ2n) is 7.04. The molecule has 0 amide bonds. The molecule has 4 rings (SSSR count). The van der Waals surface area contributed by atoms with Gasteiger partial charge in [0.15, 0.2) is 0 Å². The van der Waals surface area contributed by atoms with E-state index < -0.39 is 7.52 Å². The largest absolute Gasteiger partial charge is 0.497 e. The lowest BCUT2D eigenvalue weighted by Gasteiger charge is -2.27. The zero-order valence-corrected chi connectivity index (χ0v) is 16.3. The molecule has 2 aliphatic rings. The van der Waals surface area contributed by atoms with Gasteiger partial charge >= 0.3 is 7.52 Å². The maximum atomic E-state index is 13.9. The van der Waals surface area contributed by atoms with E-state index in [-0.39, 0.29) is 5.66 Å². The topological polar surface area (TPSA) is 38.8 Å². The maximum absolute atomic E-state index is 13.9. The van der Waals surface area contributed by atoms with Gasteiger partial charge in [-0.05, 0) is 62.2 Å². The van der Waals surface area contributed by atoms with Crippen molar-refractivity contribution in [1.82, 2.24) is 4.67 Å². The highest BCUT2D eigenvalue weighted by Crippen LogP contribution is 2.72. The molecule has 2 aromatic rings. The molecule has 1 aliphatic heterocycles. The van der Waals surface area contributed by atoms with Crippen molar-refractivity contribution in [2.75, 3.05) is 21.2 Å². The summed E-state index contributed by atoms with van der Waals surface area (Å²) < 4.78 is 27.2. The van der Waals surface area contributed by atoms with Gasteiger partial charge in [0.05, 0.1) is 7.11 Å². The molecule has 0 fully saturated rings. The smallest absolute Gasteiger partial charge is 0.330 e. The molecule has 5 heteroatoms. The molecular formula is C21H24NO3P. The number of ether oxygens (including phenoxy) is 1. The first kappa shape index (κ1) is 17.4. The van der Waals surface area contributed by atoms with E-state index in [2.05, 4.69) is 18.2 Å². The summed E-state index contributed by atoms with van der Waals surface area (Å²) in [6, 6.07) is 16.2. The maximum Gasteiger partial charge on any atom is 0.330 e. The van der Waals surface area contributed by atoms with Gasteiger partial charge in [-0.25, -0.2) is 4.67 Å². The Morgan fingerprint density at radius 2 is 1.81 bits per heavy atom. The van der Waals surface area contributed by atoms with Crippen molar-refractivity contribution in [3.8, 4) is 5.75 Å². The summed E-state index contributed by atoms with van der Waals surface area (Å²) in [5.74, 6) is 1.63. The molecule has 0 spiro atoms. The van der Waals surface area contributed by atoms with E-state index in [1.54, 1.807) is 11.8 Å². The molecule has 0 saturated carbocycles. The van der Waals surface area contributed by atoms with Crippen LogP contribution in [0.1, 0.15) is 35.2 Å². The number of hydrogen-bond donors (Lipinski definition) is 0. The molecule has 2 atom stereocenters. The first-order valence-electron chi connectivity index (χ1n) is 8.97. The molecule has 1 heterocycles. The van der Waals surface area contributed by atoms with Gasteiger partial charge in [0, 0.05) is 5.56 Å². The summed E-state index contributed by atoms with van der Waals surface area (Å²) in [5, 5.41) is 0. The van der Waals surface area contributed by atoms with E-state index in [4.69, 9.17) is 9.26 Å². The molecule has 0 radical (unpaired) electrons. The number of aryl methyl sites for hydroxylation is 1. The number of benzene rings is 2. The number of hydrogen-bond acceptors (Lipinski definition) is 3. The monoisotopic (exact) mass is 369 g/mol. The number of methoxy groups -OCH3 is 1. The Labute approximate surface area is 154 Å². The Kier molecular flexibility index (Phi) is 4.42. The quantitative estimate of drug-likeness (QED) is 0.691. The number of fused-ring (bicyclic) bond motifs is 2. The average molecular weight is 369 g/mol. The SMILES string of the molecule is COc1ccc(C2C3=C(OP2(=O)N(C)C)c2ccccc2CCC3)cc1. The summed E-state index contributed by atoms with van der Waals surface area (Å²) in [5.41, 5.74) is 4.32. The summed E-state index contributed by atoms with van der Waals surface area (Å²) in [6.07, 6.45) is 2.96. The Morgan fingerprint density at radius 1 is 1.08 bits per heavy atom. The summed E-state index contributed by atoms with van der Waals surface area (Å²) in [4.78, 5) is 0. The fourth-order valence-electron chi connectivity index (χ4n) is 3.95. The minimum Gasteiger partial charge on any atom is -0.497 e. The van der Waals surface area contributed by atoms with Gasteiger partial charge in [0.25, 0.3) is 0 Å². The standard InChI is InChI=1S/C21H24NO3P/c1-22(2)26(23)21(16-11-13-17(24-3)14-12-16)19-10-6-8-15-7-4-5-9-18(15)20(19)25-26/h4-5,7,9,11-14,21H,6,8,10H2,1-3H3. The zero-order chi connectivity index (χ0) is 18.3. The Balaban J connectivity index is 1.88. The fourth-order valence-corrected chi connectivity index (χ4v) is 6.35. The average Bonchev–Trinajstić information content (AvgIpc) is 2.85. The lowest BCUT2D eigenvalue weighted by molar-refractivity contribution is 0.402. The van der Waals surface area contributed by atoms with Crippen molar-refractivity contribution in [2.45, 2.75) is 24.9 Å². The van der Waals surface area contributed by atoms with Gasteiger partial charge in [-0.3, -0.25) is 4.57 Å². The van der Waals surface area contributed by atoms with Crippen LogP contribution in [-0.2, 0) is 15.5 Å².